The van der Waals surface area contributed by atoms with Gasteiger partial charge in [0.05, 0.1) is 13.2 Å². The fourth-order valence-electron chi connectivity index (χ4n) is 1.55. The highest BCUT2D eigenvalue weighted by Crippen LogP contribution is 2.23. The second kappa shape index (κ2) is 4.53. The quantitative estimate of drug-likeness (QED) is 0.304. The van der Waals surface area contributed by atoms with Crippen LogP contribution in [0.25, 0.3) is 0 Å². The summed E-state index contributed by atoms with van der Waals surface area (Å²) in [7, 11) is 0. The number of ether oxygens (including phenoxy) is 2. The van der Waals surface area contributed by atoms with Crippen molar-refractivity contribution in [3.8, 4) is 0 Å². The molecule has 2 saturated heterocycles. The summed E-state index contributed by atoms with van der Waals surface area (Å²) in [6, 6.07) is 0. The van der Waals surface area contributed by atoms with Gasteiger partial charge in [-0.05, 0) is 0 Å². The molecule has 0 radical (unpaired) electrons. The van der Waals surface area contributed by atoms with E-state index in [1.165, 1.54) is 0 Å². The van der Waals surface area contributed by atoms with E-state index < -0.39 is 42.7 Å². The van der Waals surface area contributed by atoms with E-state index in [4.69, 9.17) is 9.47 Å². The van der Waals surface area contributed by atoms with Crippen molar-refractivity contribution < 1.29 is 35.0 Å². The zero-order chi connectivity index (χ0) is 11.9. The zero-order valence-corrected chi connectivity index (χ0v) is 8.51. The van der Waals surface area contributed by atoms with Crippen molar-refractivity contribution in [1.29, 1.82) is 0 Å². The fourth-order valence-corrected chi connectivity index (χ4v) is 1.55. The van der Waals surface area contributed by atoms with Gasteiger partial charge in [0.15, 0.2) is 0 Å². The largest absolute Gasteiger partial charge is 0.388 e. The number of aliphatic hydroxyl groups excluding tert-OH is 5. The van der Waals surface area contributed by atoms with Crippen LogP contribution in [-0.4, -0.2) is 81.5 Å². The van der Waals surface area contributed by atoms with Crippen LogP contribution in [0.3, 0.4) is 0 Å². The first-order valence-corrected chi connectivity index (χ1v) is 5.16. The van der Waals surface area contributed by atoms with Crippen LogP contribution in [0.2, 0.25) is 0 Å². The Hall–Kier alpha value is -0.280. The maximum atomic E-state index is 9.55. The van der Waals surface area contributed by atoms with Crippen molar-refractivity contribution >= 4 is 0 Å². The summed E-state index contributed by atoms with van der Waals surface area (Å²) in [6.07, 6.45) is -8.31. The molecule has 7 atom stereocenters. The minimum Gasteiger partial charge on any atom is -0.388 e. The Bertz CT molecular complexity index is 216. The highest BCUT2D eigenvalue weighted by molar-refractivity contribution is 4.94. The third-order valence-electron chi connectivity index (χ3n) is 2.88. The van der Waals surface area contributed by atoms with Gasteiger partial charge < -0.3 is 35.0 Å². The molecule has 0 aromatic heterocycles. The van der Waals surface area contributed by atoms with Crippen LogP contribution < -0.4 is 0 Å². The highest BCUT2D eigenvalue weighted by Gasteiger charge is 2.45. The van der Waals surface area contributed by atoms with Crippen LogP contribution in [0.4, 0.5) is 0 Å². The Balaban J connectivity index is 1.86. The van der Waals surface area contributed by atoms with Crippen LogP contribution in [0.1, 0.15) is 0 Å². The summed E-state index contributed by atoms with van der Waals surface area (Å²) < 4.78 is 9.50. The molecule has 0 amide bonds. The van der Waals surface area contributed by atoms with Crippen LogP contribution in [-0.2, 0) is 9.47 Å². The molecule has 0 saturated carbocycles. The van der Waals surface area contributed by atoms with Gasteiger partial charge in [-0.2, -0.15) is 0 Å². The van der Waals surface area contributed by atoms with Gasteiger partial charge in [-0.15, -0.1) is 0 Å². The lowest BCUT2D eigenvalue weighted by Gasteiger charge is -2.27. The third kappa shape index (κ3) is 2.51. The first-order valence-electron chi connectivity index (χ1n) is 5.16. The topological polar surface area (TPSA) is 126 Å². The minimum absolute atomic E-state index is 0.315. The van der Waals surface area contributed by atoms with Gasteiger partial charge in [0.2, 0.25) is 0 Å². The number of aliphatic hydroxyl groups is 5. The summed E-state index contributed by atoms with van der Waals surface area (Å²) in [6.45, 7) is 0.630. The molecule has 5 N–H and O–H groups in total. The summed E-state index contributed by atoms with van der Waals surface area (Å²) >= 11 is 0. The molecule has 0 aromatic carbocycles. The summed E-state index contributed by atoms with van der Waals surface area (Å²) in [5.41, 5.74) is 0. The molecule has 2 heterocycles. The molecule has 7 nitrogen and oxygen atoms in total. The van der Waals surface area contributed by atoms with Crippen molar-refractivity contribution in [1.82, 2.24) is 0 Å². The third-order valence-corrected chi connectivity index (χ3v) is 2.88. The molecule has 0 aliphatic carbocycles. The molecular weight excluding hydrogens is 220 g/mol. The lowest BCUT2D eigenvalue weighted by atomic mass is 9.96. The predicted octanol–water partition coefficient (Wildman–Crippen LogP) is -3.41. The summed E-state index contributed by atoms with van der Waals surface area (Å²) in [5.74, 6) is 0. The predicted molar refractivity (Wildman–Crippen MR) is 49.5 cm³/mol. The average molecular weight is 236 g/mol. The average Bonchev–Trinajstić information content (AvgIpc) is 3.14. The van der Waals surface area contributed by atoms with Crippen molar-refractivity contribution in [2.75, 3.05) is 13.2 Å². The monoisotopic (exact) mass is 236 g/mol. The molecule has 0 bridgehead atoms. The Morgan fingerprint density at radius 1 is 0.688 bits per heavy atom. The fraction of sp³-hybridized carbons (Fsp3) is 1.00. The molecule has 2 aliphatic rings. The van der Waals surface area contributed by atoms with Gasteiger partial charge in [0.1, 0.15) is 42.7 Å². The minimum atomic E-state index is -1.64. The van der Waals surface area contributed by atoms with Gasteiger partial charge in [0.25, 0.3) is 0 Å². The van der Waals surface area contributed by atoms with E-state index in [-0.39, 0.29) is 0 Å². The van der Waals surface area contributed by atoms with Crippen LogP contribution in [0.5, 0.6) is 0 Å². The number of epoxide rings is 2. The normalized spacial score (nSPS) is 37.3. The maximum Gasteiger partial charge on any atom is 0.111 e. The Morgan fingerprint density at radius 2 is 1.00 bits per heavy atom. The zero-order valence-electron chi connectivity index (χ0n) is 8.51. The molecule has 2 aliphatic heterocycles. The first-order chi connectivity index (χ1) is 7.52. The van der Waals surface area contributed by atoms with Crippen LogP contribution in [0, 0.1) is 0 Å². The van der Waals surface area contributed by atoms with Crippen LogP contribution in [0.15, 0.2) is 0 Å². The number of hydrogen-bond acceptors (Lipinski definition) is 7. The van der Waals surface area contributed by atoms with E-state index in [2.05, 4.69) is 0 Å². The van der Waals surface area contributed by atoms with Crippen LogP contribution >= 0.6 is 0 Å². The van der Waals surface area contributed by atoms with E-state index in [9.17, 15) is 25.5 Å². The van der Waals surface area contributed by atoms with Crippen molar-refractivity contribution in [2.45, 2.75) is 42.7 Å². The summed E-state index contributed by atoms with van der Waals surface area (Å²) in [5, 5.41) is 47.5. The van der Waals surface area contributed by atoms with Crippen molar-refractivity contribution in [2.24, 2.45) is 0 Å². The lowest BCUT2D eigenvalue weighted by molar-refractivity contribution is -0.140. The molecule has 1 unspecified atom stereocenters. The van der Waals surface area contributed by atoms with E-state index in [0.717, 1.165) is 0 Å². The van der Waals surface area contributed by atoms with Crippen molar-refractivity contribution in [3.63, 3.8) is 0 Å². The van der Waals surface area contributed by atoms with Gasteiger partial charge in [-0.1, -0.05) is 0 Å². The summed E-state index contributed by atoms with van der Waals surface area (Å²) in [4.78, 5) is 0. The van der Waals surface area contributed by atoms with E-state index in [1.807, 2.05) is 0 Å². The molecule has 2 fully saturated rings. The smallest absolute Gasteiger partial charge is 0.111 e. The molecule has 0 spiro atoms. The first kappa shape index (κ1) is 12.2. The molecule has 16 heavy (non-hydrogen) atoms. The van der Waals surface area contributed by atoms with Crippen molar-refractivity contribution in [3.05, 3.63) is 0 Å². The highest BCUT2D eigenvalue weighted by atomic mass is 16.6. The van der Waals surface area contributed by atoms with Gasteiger partial charge in [0, 0.05) is 0 Å². The van der Waals surface area contributed by atoms with Gasteiger partial charge in [-0.3, -0.25) is 0 Å². The second-order valence-corrected chi connectivity index (χ2v) is 4.20. The molecule has 94 valence electrons. The maximum absolute atomic E-state index is 9.55. The van der Waals surface area contributed by atoms with Gasteiger partial charge >= 0.3 is 0 Å². The Morgan fingerprint density at radius 3 is 1.25 bits per heavy atom. The lowest BCUT2D eigenvalue weighted by Crippen LogP contribution is -2.51. The second-order valence-electron chi connectivity index (χ2n) is 4.20. The Labute approximate surface area is 91.8 Å². The number of rotatable bonds is 6. The number of hydrogen-bond donors (Lipinski definition) is 5. The molecule has 7 heteroatoms. The van der Waals surface area contributed by atoms with E-state index in [1.54, 1.807) is 0 Å². The molecule has 2 rings (SSSR count). The Kier molecular flexibility index (Phi) is 3.45. The van der Waals surface area contributed by atoms with E-state index in [0.29, 0.717) is 13.2 Å². The molecule has 0 aromatic rings. The van der Waals surface area contributed by atoms with E-state index >= 15 is 0 Å². The van der Waals surface area contributed by atoms with Gasteiger partial charge in [-0.25, -0.2) is 0 Å². The standard InChI is InChI=1S/C9H16O7/c10-5(3-1-15-3)7(12)9(14)8(13)6(11)4-2-16-4/h3-14H,1-2H2/t3-,4+,5-,6+,7-,8-,9?/m0/s1. The molecular formula is C9H16O7. The SMILES string of the molecule is OC([C@@H](O)[C@@H](O)[C@@H]1CO1)[C@@H](O)[C@H](O)[C@H]1CO1.